The third-order valence-electron chi connectivity index (χ3n) is 1.08. The molecule has 0 aliphatic rings. The molecule has 0 heterocycles. The van der Waals surface area contributed by atoms with Crippen molar-refractivity contribution in [3.63, 3.8) is 0 Å². The number of ether oxygens (including phenoxy) is 2. The molecule has 0 rings (SSSR count). The van der Waals surface area contributed by atoms with Crippen molar-refractivity contribution in [3.8, 4) is 0 Å². The van der Waals surface area contributed by atoms with Gasteiger partial charge in [-0.2, -0.15) is 0 Å². The fourth-order valence-electron chi connectivity index (χ4n) is 0.553. The Balaban J connectivity index is 3.73. The molecule has 0 bridgehead atoms. The lowest BCUT2D eigenvalue weighted by atomic mass is 10.3. The van der Waals surface area contributed by atoms with E-state index < -0.39 is 0 Å². The summed E-state index contributed by atoms with van der Waals surface area (Å²) in [4.78, 5) is 0. The first-order chi connectivity index (χ1) is 5.35. The van der Waals surface area contributed by atoms with E-state index >= 15 is 0 Å². The Morgan fingerprint density at radius 3 is 2.73 bits per heavy atom. The first kappa shape index (κ1) is 10.0. The fraction of sp³-hybridized carbons (Fsp3) is 0.500. The van der Waals surface area contributed by atoms with Gasteiger partial charge in [0, 0.05) is 13.5 Å². The molecule has 11 heavy (non-hydrogen) atoms. The van der Waals surface area contributed by atoms with Gasteiger partial charge in [-0.25, -0.2) is 0 Å². The molecule has 0 amide bonds. The maximum atomic E-state index is 8.32. The van der Waals surface area contributed by atoms with E-state index in [2.05, 4.69) is 0 Å². The Labute approximate surface area is 66.9 Å². The zero-order valence-electron chi connectivity index (χ0n) is 6.91. The standard InChI is InChI=1S/C8H14O3/c1-3-8(5-4-6-9)11-7-10-2/h4-6,9H,3,7H2,1-2H3/b6-4+,8-5+. The van der Waals surface area contributed by atoms with Gasteiger partial charge in [0.15, 0.2) is 6.79 Å². The summed E-state index contributed by atoms with van der Waals surface area (Å²) >= 11 is 0. The summed E-state index contributed by atoms with van der Waals surface area (Å²) in [6.07, 6.45) is 4.95. The van der Waals surface area contributed by atoms with Gasteiger partial charge in [0.05, 0.1) is 12.0 Å². The zero-order valence-corrected chi connectivity index (χ0v) is 6.91. The average molecular weight is 158 g/mol. The van der Waals surface area contributed by atoms with E-state index in [1.165, 1.54) is 6.08 Å². The molecule has 0 saturated carbocycles. The Morgan fingerprint density at radius 1 is 1.55 bits per heavy atom. The molecule has 0 radical (unpaired) electrons. The zero-order chi connectivity index (χ0) is 8.53. The van der Waals surface area contributed by atoms with E-state index in [1.54, 1.807) is 13.2 Å². The number of hydrogen-bond donors (Lipinski definition) is 1. The first-order valence-electron chi connectivity index (χ1n) is 3.46. The van der Waals surface area contributed by atoms with Gasteiger partial charge in [0.2, 0.25) is 0 Å². The molecule has 64 valence electrons. The molecule has 0 unspecified atom stereocenters. The highest BCUT2D eigenvalue weighted by molar-refractivity contribution is 5.04. The van der Waals surface area contributed by atoms with Crippen LogP contribution in [0.25, 0.3) is 0 Å². The van der Waals surface area contributed by atoms with Crippen molar-refractivity contribution in [2.75, 3.05) is 13.9 Å². The van der Waals surface area contributed by atoms with Gasteiger partial charge in [-0.3, -0.25) is 0 Å². The average Bonchev–Trinajstić information content (AvgIpc) is 2.05. The normalized spacial score (nSPS) is 12.4. The van der Waals surface area contributed by atoms with Crippen LogP contribution in [-0.4, -0.2) is 19.0 Å². The van der Waals surface area contributed by atoms with Gasteiger partial charge in [0.25, 0.3) is 0 Å². The maximum Gasteiger partial charge on any atom is 0.188 e. The summed E-state index contributed by atoms with van der Waals surface area (Å²) in [5.74, 6) is 0.789. The highest BCUT2D eigenvalue weighted by Gasteiger charge is 1.90. The van der Waals surface area contributed by atoms with Crippen LogP contribution >= 0.6 is 0 Å². The Kier molecular flexibility index (Phi) is 6.53. The molecule has 3 nitrogen and oxygen atoms in total. The summed E-state index contributed by atoms with van der Waals surface area (Å²) in [5.41, 5.74) is 0. The lowest BCUT2D eigenvalue weighted by Crippen LogP contribution is -1.95. The molecule has 1 N–H and O–H groups in total. The minimum atomic E-state index is 0.249. The van der Waals surface area contributed by atoms with Crippen molar-refractivity contribution >= 4 is 0 Å². The van der Waals surface area contributed by atoms with E-state index in [0.29, 0.717) is 0 Å². The lowest BCUT2D eigenvalue weighted by molar-refractivity contribution is 0.00313. The monoisotopic (exact) mass is 158 g/mol. The van der Waals surface area contributed by atoms with Crippen molar-refractivity contribution in [1.82, 2.24) is 0 Å². The highest BCUT2D eigenvalue weighted by atomic mass is 16.7. The second kappa shape index (κ2) is 7.15. The number of allylic oxidation sites excluding steroid dienone is 3. The number of aliphatic hydroxyl groups excluding tert-OH is 1. The number of hydrogen-bond acceptors (Lipinski definition) is 3. The SMILES string of the molecule is CC/C(=C\C=C\O)OCOC. The van der Waals surface area contributed by atoms with Gasteiger partial charge < -0.3 is 14.6 Å². The Bertz CT molecular complexity index is 138. The fourth-order valence-corrected chi connectivity index (χ4v) is 0.553. The summed E-state index contributed by atoms with van der Waals surface area (Å²) in [6, 6.07) is 0. The predicted molar refractivity (Wildman–Crippen MR) is 43.1 cm³/mol. The molecule has 0 aliphatic carbocycles. The molecule has 3 heteroatoms. The van der Waals surface area contributed by atoms with E-state index in [9.17, 15) is 0 Å². The Morgan fingerprint density at radius 2 is 2.27 bits per heavy atom. The van der Waals surface area contributed by atoms with Crippen molar-refractivity contribution in [2.45, 2.75) is 13.3 Å². The van der Waals surface area contributed by atoms with Gasteiger partial charge in [-0.1, -0.05) is 6.92 Å². The van der Waals surface area contributed by atoms with Crippen LogP contribution in [-0.2, 0) is 9.47 Å². The van der Waals surface area contributed by atoms with Crippen LogP contribution in [0.4, 0.5) is 0 Å². The number of aliphatic hydroxyl groups is 1. The lowest BCUT2D eigenvalue weighted by Gasteiger charge is -2.05. The third-order valence-corrected chi connectivity index (χ3v) is 1.08. The van der Waals surface area contributed by atoms with Crippen LogP contribution in [0, 0.1) is 0 Å². The summed E-state index contributed by atoms with van der Waals surface area (Å²) in [5, 5.41) is 8.32. The topological polar surface area (TPSA) is 38.7 Å². The molecule has 0 atom stereocenters. The van der Waals surface area contributed by atoms with Crippen LogP contribution in [0.3, 0.4) is 0 Å². The molecule has 0 spiro atoms. The van der Waals surface area contributed by atoms with E-state index in [4.69, 9.17) is 14.6 Å². The van der Waals surface area contributed by atoms with Crippen LogP contribution < -0.4 is 0 Å². The van der Waals surface area contributed by atoms with Crippen molar-refractivity contribution < 1.29 is 14.6 Å². The Hall–Kier alpha value is -0.960. The van der Waals surface area contributed by atoms with Crippen LogP contribution in [0.1, 0.15) is 13.3 Å². The van der Waals surface area contributed by atoms with Crippen LogP contribution in [0.5, 0.6) is 0 Å². The molecule has 0 saturated heterocycles. The highest BCUT2D eigenvalue weighted by Crippen LogP contribution is 2.02. The van der Waals surface area contributed by atoms with Gasteiger partial charge in [0.1, 0.15) is 0 Å². The quantitative estimate of drug-likeness (QED) is 0.377. The smallest absolute Gasteiger partial charge is 0.188 e. The molecule has 0 aromatic heterocycles. The molecule has 0 fully saturated rings. The van der Waals surface area contributed by atoms with E-state index in [0.717, 1.165) is 18.4 Å². The predicted octanol–water partition coefficient (Wildman–Crippen LogP) is 1.97. The van der Waals surface area contributed by atoms with Gasteiger partial charge >= 0.3 is 0 Å². The largest absolute Gasteiger partial charge is 0.516 e. The van der Waals surface area contributed by atoms with Crippen molar-refractivity contribution in [3.05, 3.63) is 24.2 Å². The second-order valence-corrected chi connectivity index (χ2v) is 1.88. The van der Waals surface area contributed by atoms with Crippen molar-refractivity contribution in [1.29, 1.82) is 0 Å². The summed E-state index contributed by atoms with van der Waals surface area (Å²) in [6.45, 7) is 2.21. The van der Waals surface area contributed by atoms with E-state index in [1.807, 2.05) is 6.92 Å². The molecule has 0 aromatic rings. The number of methoxy groups -OCH3 is 1. The van der Waals surface area contributed by atoms with E-state index in [-0.39, 0.29) is 6.79 Å². The molecule has 0 aromatic carbocycles. The van der Waals surface area contributed by atoms with Crippen LogP contribution in [0.2, 0.25) is 0 Å². The number of rotatable bonds is 5. The summed E-state index contributed by atoms with van der Waals surface area (Å²) in [7, 11) is 1.56. The van der Waals surface area contributed by atoms with Crippen molar-refractivity contribution in [2.24, 2.45) is 0 Å². The summed E-state index contributed by atoms with van der Waals surface area (Å²) < 4.78 is 9.82. The van der Waals surface area contributed by atoms with Gasteiger partial charge in [-0.05, 0) is 12.2 Å². The maximum absolute atomic E-state index is 8.32. The van der Waals surface area contributed by atoms with Crippen LogP contribution in [0.15, 0.2) is 24.2 Å². The first-order valence-corrected chi connectivity index (χ1v) is 3.46. The third kappa shape index (κ3) is 5.48. The molecular weight excluding hydrogens is 144 g/mol. The molecule has 0 aliphatic heterocycles. The molecular formula is C8H14O3. The minimum Gasteiger partial charge on any atom is -0.516 e. The second-order valence-electron chi connectivity index (χ2n) is 1.88. The van der Waals surface area contributed by atoms with Gasteiger partial charge in [-0.15, -0.1) is 0 Å². The minimum absolute atomic E-state index is 0.249.